The summed E-state index contributed by atoms with van der Waals surface area (Å²) in [7, 11) is 0. The fraction of sp³-hybridized carbons (Fsp3) is 0.938. The van der Waals surface area contributed by atoms with Crippen molar-refractivity contribution < 1.29 is 29.3 Å². The van der Waals surface area contributed by atoms with Gasteiger partial charge in [-0.15, -0.1) is 0 Å². The smallest absolute Gasteiger partial charge is 0.309 e. The van der Waals surface area contributed by atoms with Gasteiger partial charge in [-0.1, -0.05) is 327 Å². The van der Waals surface area contributed by atoms with Crippen LogP contribution in [0, 0.1) is 11.3 Å². The van der Waals surface area contributed by atoms with Gasteiger partial charge in [0.25, 0.3) is 0 Å². The third-order valence-electron chi connectivity index (χ3n) is 16.0. The van der Waals surface area contributed by atoms with E-state index in [4.69, 9.17) is 9.47 Å². The summed E-state index contributed by atoms with van der Waals surface area (Å²) in [5.41, 5.74) is -1.12. The van der Waals surface area contributed by atoms with Gasteiger partial charge in [-0.3, -0.25) is 9.59 Å². The molecule has 1 atom stereocenters. The number of hydrogen-bond donors (Lipinski definition) is 2. The molecule has 0 aromatic carbocycles. The van der Waals surface area contributed by atoms with Crippen molar-refractivity contribution in [2.45, 2.75) is 354 Å². The van der Waals surface area contributed by atoms with Crippen LogP contribution in [-0.2, 0) is 19.1 Å². The Bertz CT molecular complexity index is 1120. The van der Waals surface area contributed by atoms with Crippen molar-refractivity contribution in [2.24, 2.45) is 11.3 Å². The second-order valence-corrected chi connectivity index (χ2v) is 23.1. The number of ether oxygens (including phenoxy) is 2. The lowest BCUT2D eigenvalue weighted by molar-refractivity contribution is -0.155. The van der Waals surface area contributed by atoms with E-state index in [2.05, 4.69) is 19.1 Å². The Kier molecular flexibility index (Phi) is 52.2. The van der Waals surface area contributed by atoms with Crippen LogP contribution in [-0.4, -0.2) is 48.6 Å². The van der Waals surface area contributed by atoms with Gasteiger partial charge in [0, 0.05) is 0 Å². The molecule has 6 heteroatoms. The maximum absolute atomic E-state index is 12.5. The zero-order valence-electron chi connectivity index (χ0n) is 47.8. The molecule has 1 unspecified atom stereocenters. The largest absolute Gasteiger partial charge is 0.465 e. The van der Waals surface area contributed by atoms with Crippen LogP contribution in [0.2, 0.25) is 0 Å². The number of cyclic esters (lactones) is 2. The average Bonchev–Trinajstić information content (AvgIpc) is 3.44. The summed E-state index contributed by atoms with van der Waals surface area (Å²) in [4.78, 5) is 24.7. The van der Waals surface area contributed by atoms with Crippen molar-refractivity contribution in [2.75, 3.05) is 26.4 Å². The third kappa shape index (κ3) is 46.8. The standard InChI is InChI=1S/C65H124O6/c1-2-3-4-5-6-7-8-9-10-11-12-13-14-15-16-17-18-19-20-21-22-23-24-25-26-27-28-29-30-31-32-33-34-35-36-37-38-39-40-41-42-43-44-45-46-47-48-49-50-51-52-53-54-55-56-62-57-63(68)70-60-65(58-66,59-67)61-71-64(62)69/h8-9,62,66-67H,2-7,10-61H2,1H3/b9-8+. The second kappa shape index (κ2) is 54.8. The van der Waals surface area contributed by atoms with E-state index in [1.54, 1.807) is 0 Å². The highest BCUT2D eigenvalue weighted by Gasteiger charge is 2.36. The zero-order chi connectivity index (χ0) is 51.1. The Morgan fingerprint density at radius 2 is 0.606 bits per heavy atom. The molecule has 1 rings (SSSR count). The molecule has 1 aliphatic rings. The first-order valence-corrected chi connectivity index (χ1v) is 32.3. The molecule has 0 spiro atoms. The molecule has 71 heavy (non-hydrogen) atoms. The van der Waals surface area contributed by atoms with Crippen LogP contribution in [0.1, 0.15) is 354 Å². The van der Waals surface area contributed by atoms with Crippen molar-refractivity contribution in [3.8, 4) is 0 Å². The molecule has 1 aliphatic heterocycles. The molecule has 1 fully saturated rings. The van der Waals surface area contributed by atoms with E-state index in [1.165, 1.54) is 315 Å². The number of carbonyl (C=O) groups excluding carboxylic acids is 2. The molecule has 0 aromatic heterocycles. The summed E-state index contributed by atoms with van der Waals surface area (Å²) < 4.78 is 10.6. The molecule has 0 aromatic rings. The summed E-state index contributed by atoms with van der Waals surface area (Å²) in [5, 5.41) is 19.2. The van der Waals surface area contributed by atoms with Crippen molar-refractivity contribution in [1.29, 1.82) is 0 Å². The van der Waals surface area contributed by atoms with E-state index in [0.29, 0.717) is 6.42 Å². The van der Waals surface area contributed by atoms with E-state index < -0.39 is 36.5 Å². The molecule has 0 radical (unpaired) electrons. The van der Waals surface area contributed by atoms with Crippen LogP contribution in [0.25, 0.3) is 0 Å². The Labute approximate surface area is 443 Å². The first-order chi connectivity index (χ1) is 35.1. The number of aliphatic hydroxyl groups is 2. The van der Waals surface area contributed by atoms with Gasteiger partial charge >= 0.3 is 11.9 Å². The normalized spacial score (nSPS) is 15.3. The Hall–Kier alpha value is -1.40. The van der Waals surface area contributed by atoms with Gasteiger partial charge in [-0.25, -0.2) is 0 Å². The molecule has 0 amide bonds. The number of rotatable bonds is 56. The van der Waals surface area contributed by atoms with Crippen molar-refractivity contribution in [1.82, 2.24) is 0 Å². The maximum atomic E-state index is 12.5. The molecular formula is C65H124O6. The maximum Gasteiger partial charge on any atom is 0.309 e. The molecule has 2 N–H and O–H groups in total. The molecule has 1 heterocycles. The van der Waals surface area contributed by atoms with Crippen molar-refractivity contribution in [3.63, 3.8) is 0 Å². The minimum absolute atomic E-state index is 0.00518. The summed E-state index contributed by atoms with van der Waals surface area (Å²) in [6.45, 7) is 1.20. The molecule has 0 aliphatic carbocycles. The van der Waals surface area contributed by atoms with Crippen LogP contribution in [0.4, 0.5) is 0 Å². The van der Waals surface area contributed by atoms with Gasteiger partial charge in [0.05, 0.1) is 31.0 Å². The first-order valence-electron chi connectivity index (χ1n) is 32.3. The lowest BCUT2D eigenvalue weighted by atomic mass is 9.92. The van der Waals surface area contributed by atoms with Crippen LogP contribution in [0.15, 0.2) is 12.2 Å². The predicted molar refractivity (Wildman–Crippen MR) is 306 cm³/mol. The first kappa shape index (κ1) is 67.6. The summed E-state index contributed by atoms with van der Waals surface area (Å²) in [6, 6.07) is 0. The number of carbonyl (C=O) groups is 2. The number of aliphatic hydroxyl groups excluding tert-OH is 2. The summed E-state index contributed by atoms with van der Waals surface area (Å²) >= 11 is 0. The number of allylic oxidation sites excluding steroid dienone is 2. The Balaban J connectivity index is 1.67. The van der Waals surface area contributed by atoms with E-state index in [9.17, 15) is 19.8 Å². The van der Waals surface area contributed by atoms with Gasteiger partial charge in [-0.05, 0) is 32.1 Å². The molecule has 1 saturated heterocycles. The Morgan fingerprint density at radius 3 is 0.873 bits per heavy atom. The van der Waals surface area contributed by atoms with E-state index in [-0.39, 0.29) is 19.6 Å². The zero-order valence-corrected chi connectivity index (χ0v) is 47.8. The fourth-order valence-corrected chi connectivity index (χ4v) is 10.8. The third-order valence-corrected chi connectivity index (χ3v) is 16.0. The Morgan fingerprint density at radius 1 is 0.366 bits per heavy atom. The number of esters is 2. The van der Waals surface area contributed by atoms with Gasteiger partial charge in [0.1, 0.15) is 13.2 Å². The van der Waals surface area contributed by atoms with Gasteiger partial charge in [0.15, 0.2) is 0 Å². The van der Waals surface area contributed by atoms with Gasteiger partial charge in [-0.2, -0.15) is 0 Å². The van der Waals surface area contributed by atoms with Crippen LogP contribution >= 0.6 is 0 Å². The van der Waals surface area contributed by atoms with E-state index in [0.717, 1.165) is 19.3 Å². The molecule has 0 bridgehead atoms. The van der Waals surface area contributed by atoms with Crippen molar-refractivity contribution in [3.05, 3.63) is 12.2 Å². The topological polar surface area (TPSA) is 93.1 Å². The number of hydrogen-bond acceptors (Lipinski definition) is 6. The summed E-state index contributed by atoms with van der Waals surface area (Å²) in [5.74, 6) is -1.40. The lowest BCUT2D eigenvalue weighted by Gasteiger charge is -2.27. The number of unbranched alkanes of at least 4 members (excludes halogenated alkanes) is 50. The van der Waals surface area contributed by atoms with Crippen LogP contribution in [0.3, 0.4) is 0 Å². The minimum Gasteiger partial charge on any atom is -0.465 e. The van der Waals surface area contributed by atoms with Crippen molar-refractivity contribution >= 4 is 11.9 Å². The highest BCUT2D eigenvalue weighted by Crippen LogP contribution is 2.25. The quantitative estimate of drug-likeness (QED) is 0.0358. The van der Waals surface area contributed by atoms with Crippen LogP contribution in [0.5, 0.6) is 0 Å². The molecular weight excluding hydrogens is 877 g/mol. The van der Waals surface area contributed by atoms with Gasteiger partial charge < -0.3 is 19.7 Å². The fourth-order valence-electron chi connectivity index (χ4n) is 10.8. The van der Waals surface area contributed by atoms with Gasteiger partial charge in [0.2, 0.25) is 0 Å². The highest BCUT2D eigenvalue weighted by molar-refractivity contribution is 5.80. The average molecular weight is 1000 g/mol. The molecule has 420 valence electrons. The molecule has 0 saturated carbocycles. The van der Waals surface area contributed by atoms with E-state index in [1.807, 2.05) is 0 Å². The summed E-state index contributed by atoms with van der Waals surface area (Å²) in [6.07, 6.45) is 78.7. The second-order valence-electron chi connectivity index (χ2n) is 23.1. The lowest BCUT2D eigenvalue weighted by Crippen LogP contribution is -2.40. The minimum atomic E-state index is -1.12. The highest BCUT2D eigenvalue weighted by atomic mass is 16.6. The predicted octanol–water partition coefficient (Wildman–Crippen LogP) is 20.3. The molecule has 6 nitrogen and oxygen atoms in total. The SMILES string of the molecule is CCCCCCC/C=C/CCCCCCCCCCCCCCCCCCCCCCCCCCCCCCCCCCCCCCCCCCCCCCCC1CC(=O)OCC(CO)(CO)COC1=O. The van der Waals surface area contributed by atoms with Crippen LogP contribution < -0.4 is 0 Å². The van der Waals surface area contributed by atoms with E-state index >= 15 is 0 Å². The monoisotopic (exact) mass is 1000 g/mol.